The number of rotatable bonds is 8. The lowest BCUT2D eigenvalue weighted by Gasteiger charge is -2.19. The molecular formula is C26H23NO6. The zero-order chi connectivity index (χ0) is 23.4. The molecule has 0 amide bonds. The van der Waals surface area contributed by atoms with Crippen LogP contribution in [0.25, 0.3) is 0 Å². The first kappa shape index (κ1) is 22.1. The van der Waals surface area contributed by atoms with Crippen molar-refractivity contribution in [2.75, 3.05) is 14.2 Å². The van der Waals surface area contributed by atoms with Gasteiger partial charge in [0.25, 0.3) is 5.69 Å². The molecule has 3 aromatic rings. The maximum Gasteiger partial charge on any atom is 0.335 e. The van der Waals surface area contributed by atoms with E-state index in [4.69, 9.17) is 14.2 Å². The summed E-state index contributed by atoms with van der Waals surface area (Å²) in [5, 5.41) is 10.8. The summed E-state index contributed by atoms with van der Waals surface area (Å²) in [6, 6.07) is 21.3. The minimum Gasteiger partial charge on any atom is -0.497 e. The van der Waals surface area contributed by atoms with Crippen LogP contribution < -0.4 is 14.2 Å². The van der Waals surface area contributed by atoms with Gasteiger partial charge >= 0.3 is 5.97 Å². The molecule has 1 atom stereocenters. The van der Waals surface area contributed by atoms with Crippen molar-refractivity contribution < 1.29 is 23.9 Å². The van der Waals surface area contributed by atoms with Crippen molar-refractivity contribution in [3.63, 3.8) is 0 Å². The van der Waals surface area contributed by atoms with E-state index in [2.05, 4.69) is 12.1 Å². The minimum atomic E-state index is -0.541. The number of nitro benzene ring substituents is 1. The van der Waals surface area contributed by atoms with Gasteiger partial charge in [0, 0.05) is 23.6 Å². The van der Waals surface area contributed by atoms with Gasteiger partial charge in [0.15, 0.2) is 0 Å². The minimum absolute atomic E-state index is 0.0651. The van der Waals surface area contributed by atoms with Crippen LogP contribution in [0.1, 0.15) is 17.5 Å². The Labute approximate surface area is 191 Å². The Morgan fingerprint density at radius 3 is 2.03 bits per heavy atom. The number of nitrogens with zero attached hydrogens (tertiary/aromatic N) is 1. The number of esters is 1. The van der Waals surface area contributed by atoms with Gasteiger partial charge in [-0.3, -0.25) is 10.1 Å². The average Bonchev–Trinajstić information content (AvgIpc) is 3.59. The molecule has 1 aliphatic carbocycles. The van der Waals surface area contributed by atoms with E-state index in [-0.39, 0.29) is 22.8 Å². The highest BCUT2D eigenvalue weighted by Gasteiger charge is 2.55. The fourth-order valence-corrected chi connectivity index (χ4v) is 4.13. The van der Waals surface area contributed by atoms with Gasteiger partial charge in [0.05, 0.1) is 19.1 Å². The van der Waals surface area contributed by atoms with Crippen LogP contribution in [0, 0.1) is 16.0 Å². The molecule has 1 saturated carbocycles. The molecule has 3 aromatic carbocycles. The van der Waals surface area contributed by atoms with E-state index in [9.17, 15) is 14.9 Å². The van der Waals surface area contributed by atoms with Crippen molar-refractivity contribution in [2.24, 2.45) is 5.92 Å². The standard InChI is InChI=1S/C26H23NO6/c1-31-23-7-3-5-18(15-23)26(19-6-4-8-24(16-19)32-2)17-20(26)9-14-25(28)33-22-12-10-21(11-13-22)27(29)30/h3-16,20H,17H2,1-2H3. The summed E-state index contributed by atoms with van der Waals surface area (Å²) in [7, 11) is 3.27. The van der Waals surface area contributed by atoms with E-state index in [1.807, 2.05) is 42.5 Å². The third kappa shape index (κ3) is 4.57. The van der Waals surface area contributed by atoms with E-state index in [1.54, 1.807) is 14.2 Å². The van der Waals surface area contributed by atoms with E-state index in [1.165, 1.54) is 30.3 Å². The van der Waals surface area contributed by atoms with E-state index in [0.29, 0.717) is 0 Å². The van der Waals surface area contributed by atoms with Crippen molar-refractivity contribution in [2.45, 2.75) is 11.8 Å². The Hall–Kier alpha value is -4.13. The Bertz CT molecular complexity index is 1150. The maximum absolute atomic E-state index is 12.4. The summed E-state index contributed by atoms with van der Waals surface area (Å²) in [6.07, 6.45) is 4.08. The summed E-state index contributed by atoms with van der Waals surface area (Å²) in [4.78, 5) is 22.6. The molecule has 0 heterocycles. The summed E-state index contributed by atoms with van der Waals surface area (Å²) < 4.78 is 16.1. The van der Waals surface area contributed by atoms with Crippen molar-refractivity contribution in [3.05, 3.63) is 106 Å². The number of non-ortho nitro benzene ring substituents is 1. The molecule has 33 heavy (non-hydrogen) atoms. The predicted molar refractivity (Wildman–Crippen MR) is 123 cm³/mol. The van der Waals surface area contributed by atoms with Crippen LogP contribution in [0.15, 0.2) is 84.9 Å². The lowest BCUT2D eigenvalue weighted by atomic mass is 9.85. The van der Waals surface area contributed by atoms with E-state index < -0.39 is 10.9 Å². The average molecular weight is 445 g/mol. The summed E-state index contributed by atoms with van der Waals surface area (Å²) >= 11 is 0. The molecule has 4 rings (SSSR count). The number of carbonyl (C=O) groups is 1. The lowest BCUT2D eigenvalue weighted by molar-refractivity contribution is -0.384. The molecule has 1 fully saturated rings. The maximum atomic E-state index is 12.4. The molecule has 1 aliphatic rings. The van der Waals surface area contributed by atoms with Gasteiger partial charge in [-0.05, 0) is 59.9 Å². The highest BCUT2D eigenvalue weighted by Crippen LogP contribution is 2.60. The number of carbonyl (C=O) groups excluding carboxylic acids is 1. The van der Waals surface area contributed by atoms with Crippen LogP contribution in [-0.4, -0.2) is 25.1 Å². The van der Waals surface area contributed by atoms with E-state index >= 15 is 0 Å². The molecule has 0 aliphatic heterocycles. The summed E-state index contributed by atoms with van der Waals surface area (Å²) in [6.45, 7) is 0. The van der Waals surface area contributed by atoms with Gasteiger partial charge < -0.3 is 14.2 Å². The second kappa shape index (κ2) is 9.16. The number of allylic oxidation sites excluding steroid dienone is 1. The molecule has 1 unspecified atom stereocenters. The first-order chi connectivity index (χ1) is 16.0. The molecule has 0 aromatic heterocycles. The fourth-order valence-electron chi connectivity index (χ4n) is 4.13. The predicted octanol–water partition coefficient (Wildman–Crippen LogP) is 5.08. The van der Waals surface area contributed by atoms with Crippen molar-refractivity contribution >= 4 is 11.7 Å². The van der Waals surface area contributed by atoms with Crippen molar-refractivity contribution in [3.8, 4) is 17.2 Å². The molecule has 7 heteroatoms. The summed E-state index contributed by atoms with van der Waals surface area (Å²) in [5.74, 6) is 1.31. The van der Waals surface area contributed by atoms with Crippen LogP contribution in [0.4, 0.5) is 5.69 Å². The molecule has 0 radical (unpaired) electrons. The van der Waals surface area contributed by atoms with Crippen molar-refractivity contribution in [1.82, 2.24) is 0 Å². The Morgan fingerprint density at radius 1 is 0.939 bits per heavy atom. The number of ether oxygens (including phenoxy) is 3. The fraction of sp³-hybridized carbons (Fsp3) is 0.192. The Kier molecular flexibility index (Phi) is 6.13. The van der Waals surface area contributed by atoms with Crippen LogP contribution in [0.2, 0.25) is 0 Å². The number of nitro groups is 1. The van der Waals surface area contributed by atoms with Gasteiger partial charge in [-0.2, -0.15) is 0 Å². The SMILES string of the molecule is COc1cccc(C2(c3cccc(OC)c3)CC2C=CC(=O)Oc2ccc([N+](=O)[O-])cc2)c1. The van der Waals surface area contributed by atoms with Gasteiger partial charge in [-0.1, -0.05) is 30.3 Å². The number of benzene rings is 3. The van der Waals surface area contributed by atoms with Crippen LogP contribution in [0.3, 0.4) is 0 Å². The molecule has 0 saturated heterocycles. The molecule has 0 bridgehead atoms. The Morgan fingerprint density at radius 2 is 1.52 bits per heavy atom. The summed E-state index contributed by atoms with van der Waals surface area (Å²) in [5.41, 5.74) is 1.80. The quantitative estimate of drug-likeness (QED) is 0.158. The van der Waals surface area contributed by atoms with Gasteiger partial charge in [0.1, 0.15) is 17.2 Å². The molecular weight excluding hydrogens is 422 g/mol. The second-order valence-corrected chi connectivity index (χ2v) is 7.78. The monoisotopic (exact) mass is 445 g/mol. The topological polar surface area (TPSA) is 87.9 Å². The van der Waals surface area contributed by atoms with Crippen LogP contribution in [-0.2, 0) is 10.2 Å². The Balaban J connectivity index is 1.56. The highest BCUT2D eigenvalue weighted by molar-refractivity contribution is 5.84. The normalized spacial score (nSPS) is 16.2. The molecule has 0 N–H and O–H groups in total. The van der Waals surface area contributed by atoms with E-state index in [0.717, 1.165) is 29.0 Å². The first-order valence-corrected chi connectivity index (χ1v) is 10.4. The number of hydrogen-bond acceptors (Lipinski definition) is 6. The largest absolute Gasteiger partial charge is 0.497 e. The highest BCUT2D eigenvalue weighted by atomic mass is 16.6. The van der Waals surface area contributed by atoms with Crippen LogP contribution >= 0.6 is 0 Å². The smallest absolute Gasteiger partial charge is 0.335 e. The zero-order valence-electron chi connectivity index (χ0n) is 18.3. The van der Waals surface area contributed by atoms with Gasteiger partial charge in [-0.15, -0.1) is 0 Å². The zero-order valence-corrected chi connectivity index (χ0v) is 18.3. The molecule has 0 spiro atoms. The number of methoxy groups -OCH3 is 2. The number of hydrogen-bond donors (Lipinski definition) is 0. The van der Waals surface area contributed by atoms with Crippen LogP contribution in [0.5, 0.6) is 17.2 Å². The molecule has 168 valence electrons. The van der Waals surface area contributed by atoms with Crippen molar-refractivity contribution in [1.29, 1.82) is 0 Å². The third-order valence-electron chi connectivity index (χ3n) is 5.92. The second-order valence-electron chi connectivity index (χ2n) is 7.78. The first-order valence-electron chi connectivity index (χ1n) is 10.4. The molecule has 7 nitrogen and oxygen atoms in total. The lowest BCUT2D eigenvalue weighted by Crippen LogP contribution is -2.12. The van der Waals surface area contributed by atoms with Gasteiger partial charge in [0.2, 0.25) is 0 Å². The third-order valence-corrected chi connectivity index (χ3v) is 5.92. The van der Waals surface area contributed by atoms with Gasteiger partial charge in [-0.25, -0.2) is 4.79 Å².